The van der Waals surface area contributed by atoms with E-state index in [0.717, 1.165) is 23.4 Å². The average molecular weight is 434 g/mol. The van der Waals surface area contributed by atoms with E-state index in [1.807, 2.05) is 68.3 Å². The fraction of sp³-hybridized carbons (Fsp3) is 0.360. The maximum absolute atomic E-state index is 13.3. The Kier molecular flexibility index (Phi) is 6.08. The van der Waals surface area contributed by atoms with Gasteiger partial charge in [0, 0.05) is 24.1 Å². The SMILES string of the molecule is CC(C)(C)OC(=O)N1Cc2ccc(N)cc2N(Cc2cnc[nH]2)CC1Cc1ccccc1. The molecule has 1 atom stereocenters. The first-order valence-electron chi connectivity index (χ1n) is 10.9. The van der Waals surface area contributed by atoms with Gasteiger partial charge in [0.25, 0.3) is 0 Å². The fourth-order valence-electron chi connectivity index (χ4n) is 4.09. The molecule has 0 saturated heterocycles. The van der Waals surface area contributed by atoms with Gasteiger partial charge in [-0.3, -0.25) is 4.90 Å². The number of nitrogen functional groups attached to an aromatic ring is 1. The second-order valence-electron chi connectivity index (χ2n) is 9.30. The van der Waals surface area contributed by atoms with Crippen LogP contribution in [0.5, 0.6) is 0 Å². The minimum atomic E-state index is -0.569. The van der Waals surface area contributed by atoms with Crippen molar-refractivity contribution in [1.82, 2.24) is 14.9 Å². The smallest absolute Gasteiger partial charge is 0.410 e. The van der Waals surface area contributed by atoms with Crippen molar-refractivity contribution < 1.29 is 9.53 Å². The molecular formula is C25H31N5O2. The molecule has 7 nitrogen and oxygen atoms in total. The molecule has 2 heterocycles. The number of amides is 1. The average Bonchev–Trinajstić information content (AvgIpc) is 3.19. The summed E-state index contributed by atoms with van der Waals surface area (Å²) in [4.78, 5) is 24.8. The van der Waals surface area contributed by atoms with Crippen LogP contribution in [0.3, 0.4) is 0 Å². The number of nitrogens with two attached hydrogens (primary N) is 1. The van der Waals surface area contributed by atoms with Crippen LogP contribution in [0.25, 0.3) is 0 Å². The molecular weight excluding hydrogens is 402 g/mol. The third kappa shape index (κ3) is 5.22. The van der Waals surface area contributed by atoms with Crippen LogP contribution in [0.15, 0.2) is 61.1 Å². The van der Waals surface area contributed by atoms with Gasteiger partial charge in [-0.25, -0.2) is 9.78 Å². The topological polar surface area (TPSA) is 87.5 Å². The van der Waals surface area contributed by atoms with Crippen LogP contribution in [0.2, 0.25) is 0 Å². The van der Waals surface area contributed by atoms with Crippen molar-refractivity contribution >= 4 is 17.5 Å². The van der Waals surface area contributed by atoms with Crippen molar-refractivity contribution in [3.8, 4) is 0 Å². The standard InChI is InChI=1S/C25H31N5O2/c1-25(2,3)32-24(31)30-14-19-9-10-20(26)12-23(19)29(15-21-13-27-17-28-21)16-22(30)11-18-7-5-4-6-8-18/h4-10,12-13,17,22H,11,14-16,26H2,1-3H3,(H,27,28). The molecule has 32 heavy (non-hydrogen) atoms. The lowest BCUT2D eigenvalue weighted by Crippen LogP contribution is -2.47. The summed E-state index contributed by atoms with van der Waals surface area (Å²) in [5.41, 5.74) is 10.5. The summed E-state index contributed by atoms with van der Waals surface area (Å²) in [5, 5.41) is 0. The Morgan fingerprint density at radius 3 is 2.69 bits per heavy atom. The molecule has 0 aliphatic carbocycles. The van der Waals surface area contributed by atoms with Gasteiger partial charge in [0.1, 0.15) is 5.60 Å². The van der Waals surface area contributed by atoms with E-state index in [2.05, 4.69) is 27.0 Å². The number of aromatic nitrogens is 2. The number of nitrogens with one attached hydrogen (secondary N) is 1. The molecule has 1 aliphatic heterocycles. The summed E-state index contributed by atoms with van der Waals surface area (Å²) in [5.74, 6) is 0. The largest absolute Gasteiger partial charge is 0.444 e. The van der Waals surface area contributed by atoms with E-state index in [9.17, 15) is 4.79 Å². The molecule has 1 aliphatic rings. The number of anilines is 2. The molecule has 7 heteroatoms. The summed E-state index contributed by atoms with van der Waals surface area (Å²) < 4.78 is 5.81. The number of carbonyl (C=O) groups is 1. The maximum Gasteiger partial charge on any atom is 0.410 e. The molecule has 0 spiro atoms. The van der Waals surface area contributed by atoms with Gasteiger partial charge in [0.05, 0.1) is 31.2 Å². The van der Waals surface area contributed by atoms with E-state index < -0.39 is 5.60 Å². The Morgan fingerprint density at radius 1 is 1.22 bits per heavy atom. The molecule has 2 aromatic carbocycles. The summed E-state index contributed by atoms with van der Waals surface area (Å²) >= 11 is 0. The first-order chi connectivity index (χ1) is 15.3. The van der Waals surface area contributed by atoms with Gasteiger partial charge in [-0.2, -0.15) is 0 Å². The van der Waals surface area contributed by atoms with E-state index in [-0.39, 0.29) is 12.1 Å². The third-order valence-electron chi connectivity index (χ3n) is 5.52. The maximum atomic E-state index is 13.3. The predicted octanol–water partition coefficient (Wildman–Crippen LogP) is 4.36. The first kappa shape index (κ1) is 21.7. The fourth-order valence-corrected chi connectivity index (χ4v) is 4.09. The summed E-state index contributed by atoms with van der Waals surface area (Å²) in [7, 11) is 0. The van der Waals surface area contributed by atoms with Crippen molar-refractivity contribution in [3.63, 3.8) is 0 Å². The van der Waals surface area contributed by atoms with Gasteiger partial charge < -0.3 is 20.4 Å². The lowest BCUT2D eigenvalue weighted by Gasteiger charge is -2.34. The number of aromatic amines is 1. The molecule has 3 N–H and O–H groups in total. The minimum absolute atomic E-state index is 0.0798. The molecule has 0 saturated carbocycles. The molecule has 0 bridgehead atoms. The lowest BCUT2D eigenvalue weighted by molar-refractivity contribution is 0.0152. The highest BCUT2D eigenvalue weighted by Crippen LogP contribution is 2.32. The zero-order chi connectivity index (χ0) is 22.7. The van der Waals surface area contributed by atoms with Gasteiger partial charge in [-0.05, 0) is 50.5 Å². The van der Waals surface area contributed by atoms with E-state index in [1.165, 1.54) is 5.56 Å². The number of hydrogen-bond acceptors (Lipinski definition) is 5. The number of ether oxygens (including phenoxy) is 1. The van der Waals surface area contributed by atoms with Gasteiger partial charge in [-0.1, -0.05) is 36.4 Å². The quantitative estimate of drug-likeness (QED) is 0.597. The molecule has 168 valence electrons. The van der Waals surface area contributed by atoms with Crippen molar-refractivity contribution in [3.05, 3.63) is 77.9 Å². The van der Waals surface area contributed by atoms with Crippen LogP contribution in [0.1, 0.15) is 37.6 Å². The number of nitrogens with zero attached hydrogens (tertiary/aromatic N) is 3. The molecule has 0 fully saturated rings. The highest BCUT2D eigenvalue weighted by Gasteiger charge is 2.34. The summed E-state index contributed by atoms with van der Waals surface area (Å²) in [6.45, 7) is 7.44. The van der Waals surface area contributed by atoms with Gasteiger partial charge >= 0.3 is 6.09 Å². The van der Waals surface area contributed by atoms with Gasteiger partial charge in [0.15, 0.2) is 0 Å². The van der Waals surface area contributed by atoms with Crippen molar-refractivity contribution in [1.29, 1.82) is 0 Å². The third-order valence-corrected chi connectivity index (χ3v) is 5.52. The molecule has 1 amide bonds. The van der Waals surface area contributed by atoms with E-state index in [4.69, 9.17) is 10.5 Å². The normalized spacial score (nSPS) is 16.4. The second kappa shape index (κ2) is 8.94. The number of imidazole rings is 1. The van der Waals surface area contributed by atoms with Crippen LogP contribution >= 0.6 is 0 Å². The molecule has 0 radical (unpaired) electrons. The lowest BCUT2D eigenvalue weighted by atomic mass is 10.0. The Bertz CT molecular complexity index is 1040. The number of rotatable bonds is 4. The first-order valence-corrected chi connectivity index (χ1v) is 10.9. The van der Waals surface area contributed by atoms with Crippen LogP contribution < -0.4 is 10.6 Å². The monoisotopic (exact) mass is 433 g/mol. The number of H-pyrrole nitrogens is 1. The number of hydrogen-bond donors (Lipinski definition) is 2. The molecule has 3 aromatic rings. The van der Waals surface area contributed by atoms with Gasteiger partial charge in [0.2, 0.25) is 0 Å². The van der Waals surface area contributed by atoms with Crippen LogP contribution in [0, 0.1) is 0 Å². The van der Waals surface area contributed by atoms with Gasteiger partial charge in [-0.15, -0.1) is 0 Å². The van der Waals surface area contributed by atoms with E-state index >= 15 is 0 Å². The number of carbonyl (C=O) groups excluding carboxylic acids is 1. The van der Waals surface area contributed by atoms with Crippen molar-refractivity contribution in [2.45, 2.75) is 51.9 Å². The zero-order valence-electron chi connectivity index (χ0n) is 18.9. The highest BCUT2D eigenvalue weighted by molar-refractivity contribution is 5.71. The van der Waals surface area contributed by atoms with Crippen LogP contribution in [-0.2, 0) is 24.2 Å². The van der Waals surface area contributed by atoms with E-state index in [0.29, 0.717) is 25.3 Å². The second-order valence-corrected chi connectivity index (χ2v) is 9.30. The van der Waals surface area contributed by atoms with Crippen molar-refractivity contribution in [2.24, 2.45) is 0 Å². The number of benzene rings is 2. The Hall–Kier alpha value is -3.48. The molecule has 4 rings (SSSR count). The summed E-state index contributed by atoms with van der Waals surface area (Å²) in [6, 6.07) is 16.1. The molecule has 1 aromatic heterocycles. The minimum Gasteiger partial charge on any atom is -0.444 e. The zero-order valence-corrected chi connectivity index (χ0v) is 18.9. The Labute approximate surface area is 189 Å². The Balaban J connectivity index is 1.72. The summed E-state index contributed by atoms with van der Waals surface area (Å²) in [6.07, 6.45) is 3.93. The van der Waals surface area contributed by atoms with E-state index in [1.54, 1.807) is 6.33 Å². The molecule has 1 unspecified atom stereocenters. The highest BCUT2D eigenvalue weighted by atomic mass is 16.6. The predicted molar refractivity (Wildman–Crippen MR) is 126 cm³/mol. The number of fused-ring (bicyclic) bond motifs is 1. The van der Waals surface area contributed by atoms with Crippen molar-refractivity contribution in [2.75, 3.05) is 17.2 Å². The van der Waals surface area contributed by atoms with Crippen LogP contribution in [-0.4, -0.2) is 39.1 Å². The van der Waals surface area contributed by atoms with Crippen LogP contribution in [0.4, 0.5) is 16.2 Å². The Morgan fingerprint density at radius 2 is 2.00 bits per heavy atom.